The van der Waals surface area contributed by atoms with Gasteiger partial charge in [0.2, 0.25) is 0 Å². The highest BCUT2D eigenvalue weighted by atomic mass is 16.4. The molecule has 1 fully saturated rings. The van der Waals surface area contributed by atoms with E-state index in [-0.39, 0.29) is 6.42 Å². The van der Waals surface area contributed by atoms with Crippen LogP contribution >= 0.6 is 0 Å². The number of aliphatic carboxylic acids is 1. The SMILES string of the molecule is C1CCC[NH2+]CC1.CCC(=O)C(=O)[O-]. The van der Waals surface area contributed by atoms with Crippen LogP contribution in [0.25, 0.3) is 0 Å². The van der Waals surface area contributed by atoms with Crippen molar-refractivity contribution < 1.29 is 20.0 Å². The fourth-order valence-corrected chi connectivity index (χ4v) is 1.22. The van der Waals surface area contributed by atoms with E-state index in [1.807, 2.05) is 0 Å². The van der Waals surface area contributed by atoms with Crippen molar-refractivity contribution in [2.24, 2.45) is 0 Å². The summed E-state index contributed by atoms with van der Waals surface area (Å²) in [5, 5.41) is 11.9. The summed E-state index contributed by atoms with van der Waals surface area (Å²) < 4.78 is 0. The van der Waals surface area contributed by atoms with Gasteiger partial charge in [-0.1, -0.05) is 6.92 Å². The third-order valence-corrected chi connectivity index (χ3v) is 2.12. The van der Waals surface area contributed by atoms with Crippen LogP contribution < -0.4 is 10.4 Å². The number of Topliss-reactive ketones (excluding diaryl/α,β-unsaturated/α-hetero) is 1. The minimum atomic E-state index is -1.59. The number of carboxylic acid groups (broad SMARTS) is 1. The van der Waals surface area contributed by atoms with Gasteiger partial charge in [-0.05, 0) is 25.7 Å². The lowest BCUT2D eigenvalue weighted by Crippen LogP contribution is -2.83. The summed E-state index contributed by atoms with van der Waals surface area (Å²) in [4.78, 5) is 19.3. The first-order chi connectivity index (χ1) is 6.68. The van der Waals surface area contributed by atoms with E-state index < -0.39 is 11.8 Å². The Kier molecular flexibility index (Phi) is 8.13. The van der Waals surface area contributed by atoms with Crippen molar-refractivity contribution in [3.8, 4) is 0 Å². The zero-order valence-corrected chi connectivity index (χ0v) is 8.75. The second kappa shape index (κ2) is 8.69. The second-order valence-corrected chi connectivity index (χ2v) is 3.34. The summed E-state index contributed by atoms with van der Waals surface area (Å²) >= 11 is 0. The van der Waals surface area contributed by atoms with Crippen LogP contribution in [-0.2, 0) is 9.59 Å². The molecule has 82 valence electrons. The van der Waals surface area contributed by atoms with E-state index in [1.54, 1.807) is 0 Å². The molecule has 14 heavy (non-hydrogen) atoms. The highest BCUT2D eigenvalue weighted by molar-refractivity contribution is 6.31. The fourth-order valence-electron chi connectivity index (χ4n) is 1.22. The smallest absolute Gasteiger partial charge is 0.177 e. The topological polar surface area (TPSA) is 73.8 Å². The Balaban J connectivity index is 0.000000241. The molecule has 2 N–H and O–H groups in total. The van der Waals surface area contributed by atoms with Gasteiger partial charge in [-0.15, -0.1) is 0 Å². The Bertz CT molecular complexity index is 161. The number of carboxylic acids is 1. The summed E-state index contributed by atoms with van der Waals surface area (Å²) in [6.45, 7) is 4.22. The van der Waals surface area contributed by atoms with E-state index >= 15 is 0 Å². The Morgan fingerprint density at radius 1 is 1.14 bits per heavy atom. The average molecular weight is 201 g/mol. The number of quaternary nitrogens is 1. The third-order valence-electron chi connectivity index (χ3n) is 2.12. The minimum absolute atomic E-state index is 0.0162. The van der Waals surface area contributed by atoms with Gasteiger partial charge in [0.05, 0.1) is 13.1 Å². The molecule has 0 spiro atoms. The lowest BCUT2D eigenvalue weighted by molar-refractivity contribution is -0.653. The molecule has 1 aliphatic heterocycles. The van der Waals surface area contributed by atoms with E-state index in [0.717, 1.165) is 0 Å². The molecule has 0 aromatic carbocycles. The minimum Gasteiger partial charge on any atom is -0.542 e. The van der Waals surface area contributed by atoms with Crippen LogP contribution in [0.2, 0.25) is 0 Å². The Morgan fingerprint density at radius 3 is 1.93 bits per heavy atom. The number of rotatable bonds is 2. The molecular weight excluding hydrogens is 182 g/mol. The van der Waals surface area contributed by atoms with Crippen LogP contribution in [0.4, 0.5) is 0 Å². The van der Waals surface area contributed by atoms with Crippen LogP contribution in [-0.4, -0.2) is 24.8 Å². The maximum absolute atomic E-state index is 9.85. The van der Waals surface area contributed by atoms with Gasteiger partial charge in [0, 0.05) is 6.42 Å². The molecule has 1 rings (SSSR count). The number of carbonyl (C=O) groups is 2. The Labute approximate surface area is 84.7 Å². The van der Waals surface area contributed by atoms with Crippen molar-refractivity contribution in [1.82, 2.24) is 0 Å². The number of carbonyl (C=O) groups excluding carboxylic acids is 2. The number of hydrogen-bond donors (Lipinski definition) is 1. The predicted molar refractivity (Wildman–Crippen MR) is 50.4 cm³/mol. The average Bonchev–Trinajstić information content (AvgIpc) is 2.48. The number of hydrogen-bond acceptors (Lipinski definition) is 3. The highest BCUT2D eigenvalue weighted by Crippen LogP contribution is 1.97. The van der Waals surface area contributed by atoms with E-state index in [4.69, 9.17) is 0 Å². The molecule has 4 heteroatoms. The van der Waals surface area contributed by atoms with E-state index in [0.29, 0.717) is 0 Å². The van der Waals surface area contributed by atoms with Gasteiger partial charge in [-0.3, -0.25) is 4.79 Å². The third kappa shape index (κ3) is 7.73. The van der Waals surface area contributed by atoms with Crippen molar-refractivity contribution in [2.75, 3.05) is 13.1 Å². The van der Waals surface area contributed by atoms with Gasteiger partial charge in [0.1, 0.15) is 5.97 Å². The van der Waals surface area contributed by atoms with Crippen LogP contribution in [0, 0.1) is 0 Å². The molecule has 0 amide bonds. The number of nitrogens with two attached hydrogens (primary N) is 1. The molecule has 0 aromatic rings. The van der Waals surface area contributed by atoms with Gasteiger partial charge < -0.3 is 15.2 Å². The summed E-state index contributed by atoms with van der Waals surface area (Å²) in [5.74, 6) is -2.44. The molecule has 0 radical (unpaired) electrons. The van der Waals surface area contributed by atoms with E-state index in [1.165, 1.54) is 45.7 Å². The maximum Gasteiger partial charge on any atom is 0.177 e. The van der Waals surface area contributed by atoms with Crippen molar-refractivity contribution in [1.29, 1.82) is 0 Å². The fraction of sp³-hybridized carbons (Fsp3) is 0.800. The molecule has 1 aliphatic rings. The van der Waals surface area contributed by atoms with E-state index in [2.05, 4.69) is 5.32 Å². The largest absolute Gasteiger partial charge is 0.542 e. The van der Waals surface area contributed by atoms with Gasteiger partial charge in [0.15, 0.2) is 5.78 Å². The van der Waals surface area contributed by atoms with Crippen LogP contribution in [0.15, 0.2) is 0 Å². The van der Waals surface area contributed by atoms with Gasteiger partial charge in [-0.2, -0.15) is 0 Å². The molecule has 0 unspecified atom stereocenters. The molecule has 0 aliphatic carbocycles. The zero-order valence-electron chi connectivity index (χ0n) is 8.75. The first-order valence-corrected chi connectivity index (χ1v) is 5.24. The molecule has 0 aromatic heterocycles. The van der Waals surface area contributed by atoms with Crippen molar-refractivity contribution in [3.63, 3.8) is 0 Å². The molecule has 0 bridgehead atoms. The summed E-state index contributed by atoms with van der Waals surface area (Å²) in [6, 6.07) is 0. The summed E-state index contributed by atoms with van der Waals surface area (Å²) in [6.07, 6.45) is 5.84. The summed E-state index contributed by atoms with van der Waals surface area (Å²) in [5.41, 5.74) is 0. The second-order valence-electron chi connectivity index (χ2n) is 3.34. The van der Waals surface area contributed by atoms with Crippen molar-refractivity contribution >= 4 is 11.8 Å². The molecule has 1 heterocycles. The monoisotopic (exact) mass is 201 g/mol. The lowest BCUT2D eigenvalue weighted by Gasteiger charge is -1.92. The maximum atomic E-state index is 9.85. The molecular formula is C10H19NO3. The molecule has 0 saturated carbocycles. The molecule has 0 atom stereocenters. The first-order valence-electron chi connectivity index (χ1n) is 5.24. The van der Waals surface area contributed by atoms with Crippen LogP contribution in [0.5, 0.6) is 0 Å². The van der Waals surface area contributed by atoms with Gasteiger partial charge in [0.25, 0.3) is 0 Å². The van der Waals surface area contributed by atoms with E-state index in [9.17, 15) is 14.7 Å². The van der Waals surface area contributed by atoms with Gasteiger partial charge >= 0.3 is 0 Å². The van der Waals surface area contributed by atoms with Gasteiger partial charge in [-0.25, -0.2) is 0 Å². The Morgan fingerprint density at radius 2 is 1.64 bits per heavy atom. The predicted octanol–water partition coefficient (Wildman–Crippen LogP) is -1.16. The summed E-state index contributed by atoms with van der Waals surface area (Å²) in [7, 11) is 0. The molecule has 1 saturated heterocycles. The quantitative estimate of drug-likeness (QED) is 0.573. The number of ketones is 1. The highest BCUT2D eigenvalue weighted by Gasteiger charge is 1.97. The standard InChI is InChI=1S/C6H13N.C4H6O3/c1-2-4-6-7-5-3-1;1-2-3(5)4(6)7/h7H,1-6H2;2H2,1H3,(H,6,7). The first kappa shape index (κ1) is 13.1. The van der Waals surface area contributed by atoms with Crippen LogP contribution in [0.1, 0.15) is 39.0 Å². The van der Waals surface area contributed by atoms with Crippen molar-refractivity contribution in [2.45, 2.75) is 39.0 Å². The zero-order chi connectivity index (χ0) is 10.8. The Hall–Kier alpha value is -0.900. The lowest BCUT2D eigenvalue weighted by atomic mass is 10.2. The molecule has 4 nitrogen and oxygen atoms in total. The van der Waals surface area contributed by atoms with Crippen molar-refractivity contribution in [3.05, 3.63) is 0 Å². The normalized spacial score (nSPS) is 16.1. The van der Waals surface area contributed by atoms with Crippen LogP contribution in [0.3, 0.4) is 0 Å².